The van der Waals surface area contributed by atoms with E-state index in [-0.39, 0.29) is 6.54 Å². The summed E-state index contributed by atoms with van der Waals surface area (Å²) < 4.78 is 0.649. The van der Waals surface area contributed by atoms with Gasteiger partial charge >= 0.3 is 5.97 Å². The average molecular weight is 255 g/mol. The van der Waals surface area contributed by atoms with Crippen molar-refractivity contribution in [2.75, 3.05) is 11.9 Å². The normalized spacial score (nSPS) is 9.14. The van der Waals surface area contributed by atoms with E-state index in [4.69, 9.17) is 10.4 Å². The van der Waals surface area contributed by atoms with E-state index in [2.05, 4.69) is 21.2 Å². The zero-order chi connectivity index (χ0) is 10.6. The van der Waals surface area contributed by atoms with Crippen molar-refractivity contribution in [1.29, 1.82) is 5.26 Å². The molecule has 4 nitrogen and oxygen atoms in total. The number of aliphatic carboxylic acids is 1. The minimum Gasteiger partial charge on any atom is -0.480 e. The Hall–Kier alpha value is -1.54. The molecule has 0 spiro atoms. The molecule has 0 saturated carbocycles. The molecule has 0 amide bonds. The number of halogens is 1. The SMILES string of the molecule is N#Cc1c(Br)cccc1NCC(=O)O. The second-order valence-electron chi connectivity index (χ2n) is 2.52. The van der Waals surface area contributed by atoms with Gasteiger partial charge in [0.25, 0.3) is 0 Å². The third-order valence-electron chi connectivity index (χ3n) is 1.56. The van der Waals surface area contributed by atoms with Crippen LogP contribution in [-0.2, 0) is 4.79 Å². The monoisotopic (exact) mass is 254 g/mol. The number of carboxylic acid groups (broad SMARTS) is 1. The summed E-state index contributed by atoms with van der Waals surface area (Å²) in [5.41, 5.74) is 0.929. The molecule has 14 heavy (non-hydrogen) atoms. The maximum absolute atomic E-state index is 10.3. The molecule has 0 radical (unpaired) electrons. The number of nitrogens with zero attached hydrogens (tertiary/aromatic N) is 1. The Bertz CT molecular complexity index is 398. The first-order valence-electron chi connectivity index (χ1n) is 3.79. The second-order valence-corrected chi connectivity index (χ2v) is 3.38. The first-order valence-corrected chi connectivity index (χ1v) is 4.58. The Kier molecular flexibility index (Phi) is 3.48. The van der Waals surface area contributed by atoms with Crippen molar-refractivity contribution < 1.29 is 9.90 Å². The third kappa shape index (κ3) is 2.47. The number of rotatable bonds is 3. The molecule has 1 aromatic rings. The molecule has 72 valence electrons. The van der Waals surface area contributed by atoms with E-state index in [0.717, 1.165) is 0 Å². The number of benzene rings is 1. The Balaban J connectivity index is 2.92. The molecule has 0 aliphatic rings. The van der Waals surface area contributed by atoms with Crippen LogP contribution in [0.1, 0.15) is 5.56 Å². The zero-order valence-corrected chi connectivity index (χ0v) is 8.71. The molecule has 0 fully saturated rings. The summed E-state index contributed by atoms with van der Waals surface area (Å²) in [4.78, 5) is 10.3. The van der Waals surface area contributed by atoms with Gasteiger partial charge < -0.3 is 10.4 Å². The average Bonchev–Trinajstić information content (AvgIpc) is 2.14. The molecule has 0 saturated heterocycles. The lowest BCUT2D eigenvalue weighted by atomic mass is 10.2. The summed E-state index contributed by atoms with van der Waals surface area (Å²) in [7, 11) is 0. The zero-order valence-electron chi connectivity index (χ0n) is 7.12. The molecule has 0 aliphatic heterocycles. The first kappa shape index (κ1) is 10.5. The van der Waals surface area contributed by atoms with Gasteiger partial charge in [-0.05, 0) is 28.1 Å². The molecule has 0 aromatic heterocycles. The van der Waals surface area contributed by atoms with Crippen LogP contribution < -0.4 is 5.32 Å². The Morgan fingerprint density at radius 1 is 1.64 bits per heavy atom. The molecule has 1 rings (SSSR count). The van der Waals surface area contributed by atoms with Gasteiger partial charge in [-0.2, -0.15) is 5.26 Å². The van der Waals surface area contributed by atoms with Crippen LogP contribution in [0.25, 0.3) is 0 Å². The van der Waals surface area contributed by atoms with Gasteiger partial charge in [0.05, 0.1) is 11.3 Å². The van der Waals surface area contributed by atoms with Gasteiger partial charge in [0.1, 0.15) is 12.6 Å². The largest absolute Gasteiger partial charge is 0.480 e. The number of hydrogen-bond donors (Lipinski definition) is 2. The van der Waals surface area contributed by atoms with Crippen LogP contribution >= 0.6 is 15.9 Å². The van der Waals surface area contributed by atoms with Crippen molar-refractivity contribution in [1.82, 2.24) is 0 Å². The highest BCUT2D eigenvalue weighted by atomic mass is 79.9. The fraction of sp³-hybridized carbons (Fsp3) is 0.111. The van der Waals surface area contributed by atoms with E-state index >= 15 is 0 Å². The molecule has 2 N–H and O–H groups in total. The third-order valence-corrected chi connectivity index (χ3v) is 2.22. The number of carbonyl (C=O) groups is 1. The highest BCUT2D eigenvalue weighted by Gasteiger charge is 2.06. The van der Waals surface area contributed by atoms with Gasteiger partial charge in [0.15, 0.2) is 0 Å². The van der Waals surface area contributed by atoms with Crippen molar-refractivity contribution in [3.8, 4) is 6.07 Å². The topological polar surface area (TPSA) is 73.1 Å². The Morgan fingerprint density at radius 2 is 2.36 bits per heavy atom. The molecular weight excluding hydrogens is 248 g/mol. The van der Waals surface area contributed by atoms with E-state index in [1.807, 2.05) is 6.07 Å². The van der Waals surface area contributed by atoms with Crippen LogP contribution in [0.15, 0.2) is 22.7 Å². The number of anilines is 1. The molecule has 0 unspecified atom stereocenters. The first-order chi connectivity index (χ1) is 6.65. The lowest BCUT2D eigenvalue weighted by Crippen LogP contribution is -2.13. The summed E-state index contributed by atoms with van der Waals surface area (Å²) in [5, 5.41) is 19.9. The summed E-state index contributed by atoms with van der Waals surface area (Å²) in [5.74, 6) is -0.964. The standard InChI is InChI=1S/C9H7BrN2O2/c10-7-2-1-3-8(6(7)4-11)12-5-9(13)14/h1-3,12H,5H2,(H,13,14). The summed E-state index contributed by atoms with van der Waals surface area (Å²) >= 11 is 3.20. The molecule has 5 heteroatoms. The fourth-order valence-electron chi connectivity index (χ4n) is 0.956. The van der Waals surface area contributed by atoms with Crippen molar-refractivity contribution in [3.63, 3.8) is 0 Å². The van der Waals surface area contributed by atoms with Crippen LogP contribution in [0.3, 0.4) is 0 Å². The Morgan fingerprint density at radius 3 is 2.93 bits per heavy atom. The second kappa shape index (κ2) is 4.63. The summed E-state index contributed by atoms with van der Waals surface area (Å²) in [6.45, 7) is -0.203. The van der Waals surface area contributed by atoms with Crippen LogP contribution in [0.2, 0.25) is 0 Å². The van der Waals surface area contributed by atoms with Gasteiger partial charge in [0, 0.05) is 4.47 Å². The smallest absolute Gasteiger partial charge is 0.322 e. The van der Waals surface area contributed by atoms with Crippen molar-refractivity contribution in [2.45, 2.75) is 0 Å². The predicted molar refractivity (Wildman–Crippen MR) is 55.0 cm³/mol. The van der Waals surface area contributed by atoms with Crippen molar-refractivity contribution >= 4 is 27.6 Å². The lowest BCUT2D eigenvalue weighted by molar-refractivity contribution is -0.134. The quantitative estimate of drug-likeness (QED) is 0.863. The van der Waals surface area contributed by atoms with E-state index in [1.165, 1.54) is 0 Å². The maximum atomic E-state index is 10.3. The molecule has 0 atom stereocenters. The lowest BCUT2D eigenvalue weighted by Gasteiger charge is -2.06. The number of nitriles is 1. The molecule has 0 heterocycles. The van der Waals surface area contributed by atoms with Crippen molar-refractivity contribution in [2.24, 2.45) is 0 Å². The molecule has 0 aliphatic carbocycles. The van der Waals surface area contributed by atoms with Gasteiger partial charge in [-0.3, -0.25) is 4.79 Å². The predicted octanol–water partition coefficient (Wildman–Crippen LogP) is 1.82. The van der Waals surface area contributed by atoms with E-state index < -0.39 is 5.97 Å². The van der Waals surface area contributed by atoms with E-state index in [9.17, 15) is 4.79 Å². The van der Waals surface area contributed by atoms with Crippen LogP contribution in [0.5, 0.6) is 0 Å². The Labute approximate surface area is 89.3 Å². The van der Waals surface area contributed by atoms with Gasteiger partial charge in [-0.1, -0.05) is 6.07 Å². The highest BCUT2D eigenvalue weighted by Crippen LogP contribution is 2.23. The molecule has 1 aromatic carbocycles. The number of hydrogen-bond acceptors (Lipinski definition) is 3. The van der Waals surface area contributed by atoms with Gasteiger partial charge in [-0.25, -0.2) is 0 Å². The molecule has 0 bridgehead atoms. The summed E-state index contributed by atoms with van der Waals surface area (Å²) in [6.07, 6.45) is 0. The van der Waals surface area contributed by atoms with Crippen LogP contribution in [0.4, 0.5) is 5.69 Å². The van der Waals surface area contributed by atoms with Gasteiger partial charge in [-0.15, -0.1) is 0 Å². The van der Waals surface area contributed by atoms with Gasteiger partial charge in [0.2, 0.25) is 0 Å². The fourth-order valence-corrected chi connectivity index (χ4v) is 1.41. The van der Waals surface area contributed by atoms with Crippen LogP contribution in [-0.4, -0.2) is 17.6 Å². The minimum absolute atomic E-state index is 0.203. The molecular formula is C9H7BrN2O2. The van der Waals surface area contributed by atoms with E-state index in [1.54, 1.807) is 18.2 Å². The summed E-state index contributed by atoms with van der Waals surface area (Å²) in [6, 6.07) is 7.10. The number of nitrogens with one attached hydrogen (secondary N) is 1. The highest BCUT2D eigenvalue weighted by molar-refractivity contribution is 9.10. The minimum atomic E-state index is -0.964. The van der Waals surface area contributed by atoms with Crippen LogP contribution in [0, 0.1) is 11.3 Å². The van der Waals surface area contributed by atoms with Crippen molar-refractivity contribution in [3.05, 3.63) is 28.2 Å². The number of carboxylic acids is 1. The maximum Gasteiger partial charge on any atom is 0.322 e. The van der Waals surface area contributed by atoms with E-state index in [0.29, 0.717) is 15.7 Å².